The molecule has 0 atom stereocenters. The van der Waals surface area contributed by atoms with E-state index in [9.17, 15) is 0 Å². The molecule has 14 heavy (non-hydrogen) atoms. The van der Waals surface area contributed by atoms with Crippen molar-refractivity contribution < 1.29 is 4.43 Å². The molecular weight excluding hydrogens is 190 g/mol. The zero-order chi connectivity index (χ0) is 10.8. The van der Waals surface area contributed by atoms with Gasteiger partial charge in [0.2, 0.25) is 0 Å². The summed E-state index contributed by atoms with van der Waals surface area (Å²) in [4.78, 5) is 4.25. The second-order valence-corrected chi connectivity index (χ2v) is 10.1. The summed E-state index contributed by atoms with van der Waals surface area (Å²) in [6.07, 6.45) is 5.04. The normalized spacial score (nSPS) is 17.4. The van der Waals surface area contributed by atoms with Crippen molar-refractivity contribution in [3.05, 3.63) is 11.8 Å². The Hall–Kier alpha value is -0.413. The lowest BCUT2D eigenvalue weighted by Crippen LogP contribution is -2.41. The van der Waals surface area contributed by atoms with Gasteiger partial charge in [-0.05, 0) is 18.1 Å². The van der Waals surface area contributed by atoms with Crippen LogP contribution in [0.2, 0.25) is 18.1 Å². The molecule has 1 rings (SSSR count). The molecule has 0 fully saturated rings. The molecule has 0 spiro atoms. The van der Waals surface area contributed by atoms with Gasteiger partial charge in [-0.25, -0.2) is 0 Å². The Morgan fingerprint density at radius 1 is 1.43 bits per heavy atom. The van der Waals surface area contributed by atoms with Crippen molar-refractivity contribution in [1.29, 1.82) is 0 Å². The van der Waals surface area contributed by atoms with Gasteiger partial charge in [0.1, 0.15) is 0 Å². The van der Waals surface area contributed by atoms with Gasteiger partial charge in [-0.3, -0.25) is 4.99 Å². The van der Waals surface area contributed by atoms with Gasteiger partial charge >= 0.3 is 0 Å². The van der Waals surface area contributed by atoms with E-state index in [1.54, 1.807) is 0 Å². The fourth-order valence-electron chi connectivity index (χ4n) is 0.978. The molecular formula is C11H21NOSi. The van der Waals surface area contributed by atoms with E-state index in [1.807, 2.05) is 6.21 Å². The lowest BCUT2D eigenvalue weighted by Gasteiger charge is -2.36. The van der Waals surface area contributed by atoms with Crippen LogP contribution in [0.1, 0.15) is 27.2 Å². The Morgan fingerprint density at radius 3 is 2.50 bits per heavy atom. The summed E-state index contributed by atoms with van der Waals surface area (Å²) in [5, 5.41) is 0.288. The zero-order valence-corrected chi connectivity index (χ0v) is 10.9. The van der Waals surface area contributed by atoms with Crippen molar-refractivity contribution in [2.45, 2.75) is 45.3 Å². The molecule has 0 saturated heterocycles. The first-order chi connectivity index (χ1) is 6.33. The number of aliphatic imine (C=N–C) groups is 1. The average molecular weight is 211 g/mol. The number of allylic oxidation sites excluding steroid dienone is 1. The van der Waals surface area contributed by atoms with Crippen molar-refractivity contribution in [3.8, 4) is 0 Å². The van der Waals surface area contributed by atoms with E-state index in [4.69, 9.17) is 4.43 Å². The van der Waals surface area contributed by atoms with Crippen LogP contribution in [0.5, 0.6) is 0 Å². The zero-order valence-electron chi connectivity index (χ0n) is 9.92. The van der Waals surface area contributed by atoms with Crippen LogP contribution in [-0.2, 0) is 4.43 Å². The minimum atomic E-state index is -1.59. The lowest BCUT2D eigenvalue weighted by molar-refractivity contribution is 0.318. The van der Waals surface area contributed by atoms with Gasteiger partial charge < -0.3 is 4.43 Å². The lowest BCUT2D eigenvalue weighted by atomic mass is 10.2. The van der Waals surface area contributed by atoms with Gasteiger partial charge in [0.05, 0.1) is 12.3 Å². The topological polar surface area (TPSA) is 21.6 Å². The second-order valence-electron chi connectivity index (χ2n) is 5.29. The van der Waals surface area contributed by atoms with Crippen LogP contribution in [-0.4, -0.2) is 21.1 Å². The highest BCUT2D eigenvalue weighted by molar-refractivity contribution is 6.74. The monoisotopic (exact) mass is 211 g/mol. The van der Waals surface area contributed by atoms with E-state index in [-0.39, 0.29) is 5.04 Å². The summed E-state index contributed by atoms with van der Waals surface area (Å²) < 4.78 is 6.03. The van der Waals surface area contributed by atoms with Crippen LogP contribution in [0.15, 0.2) is 16.8 Å². The predicted molar refractivity (Wildman–Crippen MR) is 64.3 cm³/mol. The Balaban J connectivity index is 2.48. The second kappa shape index (κ2) is 3.99. The molecule has 2 nitrogen and oxygen atoms in total. The van der Waals surface area contributed by atoms with Crippen molar-refractivity contribution >= 4 is 14.5 Å². The molecule has 80 valence electrons. The van der Waals surface area contributed by atoms with Gasteiger partial charge in [0, 0.05) is 12.6 Å². The first kappa shape index (κ1) is 11.7. The summed E-state index contributed by atoms with van der Waals surface area (Å²) in [6.45, 7) is 12.0. The van der Waals surface area contributed by atoms with Crippen LogP contribution < -0.4 is 0 Å². The molecule has 0 saturated carbocycles. The van der Waals surface area contributed by atoms with E-state index in [1.165, 1.54) is 0 Å². The molecule has 0 amide bonds. The van der Waals surface area contributed by atoms with Gasteiger partial charge in [0.15, 0.2) is 8.32 Å². The number of nitrogens with zero attached hydrogens (tertiary/aromatic N) is 1. The summed E-state index contributed by atoms with van der Waals surface area (Å²) in [7, 11) is -1.59. The molecule has 0 aromatic carbocycles. The summed E-state index contributed by atoms with van der Waals surface area (Å²) in [6, 6.07) is 0. The van der Waals surface area contributed by atoms with Crippen LogP contribution >= 0.6 is 0 Å². The highest BCUT2D eigenvalue weighted by Crippen LogP contribution is 2.36. The summed E-state index contributed by atoms with van der Waals surface area (Å²) in [5.74, 6) is 0. The quantitative estimate of drug-likeness (QED) is 0.656. The third-order valence-corrected chi connectivity index (χ3v) is 7.58. The Morgan fingerprint density at radius 2 is 2.07 bits per heavy atom. The van der Waals surface area contributed by atoms with E-state index in [0.717, 1.165) is 12.1 Å². The van der Waals surface area contributed by atoms with Crippen LogP contribution in [0.4, 0.5) is 0 Å². The minimum absolute atomic E-state index is 0.288. The molecule has 1 aliphatic rings. The largest absolute Gasteiger partial charge is 0.411 e. The highest BCUT2D eigenvalue weighted by Gasteiger charge is 2.37. The number of hydrogen-bond acceptors (Lipinski definition) is 2. The average Bonchev–Trinajstić information content (AvgIpc) is 2.50. The molecule has 3 heteroatoms. The standard InChI is InChI=1S/C11H21NOSi/c1-11(2,3)14(4,5)13-9-10-7-6-8-12-10/h7-8H,6,9H2,1-5H3. The third kappa shape index (κ3) is 2.79. The third-order valence-electron chi connectivity index (χ3n) is 3.10. The minimum Gasteiger partial charge on any atom is -0.411 e. The number of rotatable bonds is 3. The fraction of sp³-hybridized carbons (Fsp3) is 0.727. The molecule has 0 bridgehead atoms. The number of hydrogen-bond donors (Lipinski definition) is 0. The van der Waals surface area contributed by atoms with Crippen LogP contribution in [0, 0.1) is 0 Å². The van der Waals surface area contributed by atoms with E-state index >= 15 is 0 Å². The van der Waals surface area contributed by atoms with Crippen LogP contribution in [0.3, 0.4) is 0 Å². The van der Waals surface area contributed by atoms with Gasteiger partial charge in [-0.15, -0.1) is 0 Å². The van der Waals surface area contributed by atoms with Gasteiger partial charge in [0.25, 0.3) is 0 Å². The van der Waals surface area contributed by atoms with Crippen molar-refractivity contribution in [2.75, 3.05) is 6.61 Å². The summed E-state index contributed by atoms with van der Waals surface area (Å²) >= 11 is 0. The summed E-state index contributed by atoms with van der Waals surface area (Å²) in [5.41, 5.74) is 1.09. The molecule has 1 heterocycles. The Bertz CT molecular complexity index is 261. The molecule has 0 aromatic heterocycles. The fourth-order valence-corrected chi connectivity index (χ4v) is 1.92. The first-order valence-electron chi connectivity index (χ1n) is 5.18. The highest BCUT2D eigenvalue weighted by atomic mass is 28.4. The van der Waals surface area contributed by atoms with E-state index in [2.05, 4.69) is 44.9 Å². The van der Waals surface area contributed by atoms with Crippen molar-refractivity contribution in [2.24, 2.45) is 4.99 Å². The molecule has 0 radical (unpaired) electrons. The van der Waals surface area contributed by atoms with E-state index < -0.39 is 8.32 Å². The van der Waals surface area contributed by atoms with E-state index in [0.29, 0.717) is 6.61 Å². The maximum atomic E-state index is 6.03. The van der Waals surface area contributed by atoms with Crippen molar-refractivity contribution in [1.82, 2.24) is 0 Å². The Labute approximate surface area is 88.2 Å². The molecule has 0 aromatic rings. The first-order valence-corrected chi connectivity index (χ1v) is 8.09. The molecule has 0 aliphatic carbocycles. The maximum Gasteiger partial charge on any atom is 0.192 e. The van der Waals surface area contributed by atoms with Crippen LogP contribution in [0.25, 0.3) is 0 Å². The Kier molecular flexibility index (Phi) is 3.32. The smallest absolute Gasteiger partial charge is 0.192 e. The van der Waals surface area contributed by atoms with Gasteiger partial charge in [-0.2, -0.15) is 0 Å². The molecule has 0 N–H and O–H groups in total. The van der Waals surface area contributed by atoms with Gasteiger partial charge in [-0.1, -0.05) is 26.8 Å². The maximum absolute atomic E-state index is 6.03. The molecule has 1 aliphatic heterocycles. The SMILES string of the molecule is CC(C)(C)[Si](C)(C)OCC1=CCC=N1. The predicted octanol–water partition coefficient (Wildman–Crippen LogP) is 3.37. The molecule has 0 unspecified atom stereocenters. The van der Waals surface area contributed by atoms with Crippen molar-refractivity contribution in [3.63, 3.8) is 0 Å².